The lowest BCUT2D eigenvalue weighted by Gasteiger charge is -2.28. The van der Waals surface area contributed by atoms with Crippen LogP contribution in [0.25, 0.3) is 0 Å². The number of rotatable bonds is 2. The van der Waals surface area contributed by atoms with Gasteiger partial charge in [0.25, 0.3) is 0 Å². The van der Waals surface area contributed by atoms with Crippen LogP contribution in [0.2, 0.25) is 0 Å². The van der Waals surface area contributed by atoms with Crippen LogP contribution in [-0.4, -0.2) is 55.7 Å². The van der Waals surface area contributed by atoms with E-state index < -0.39 is 15.6 Å². The minimum absolute atomic E-state index is 0.224. The Labute approximate surface area is 143 Å². The summed E-state index contributed by atoms with van der Waals surface area (Å²) in [5, 5.41) is 0.227. The third-order valence-electron chi connectivity index (χ3n) is 2.39. The first-order valence-corrected chi connectivity index (χ1v) is 9.01. The van der Waals surface area contributed by atoms with Crippen molar-refractivity contribution >= 4 is 21.9 Å². The molecule has 1 rings (SSSR count). The van der Waals surface area contributed by atoms with Crippen molar-refractivity contribution in [3.63, 3.8) is 0 Å². The van der Waals surface area contributed by atoms with Crippen LogP contribution in [0.3, 0.4) is 0 Å². The first kappa shape index (κ1) is 22.7. The average molecular weight is 387 g/mol. The van der Waals surface area contributed by atoms with Crippen molar-refractivity contribution in [2.75, 3.05) is 27.4 Å². The zero-order valence-electron chi connectivity index (χ0n) is 13.4. The molecule has 0 saturated heterocycles. The smallest absolute Gasteiger partial charge is 0.485 e. The highest BCUT2D eigenvalue weighted by atomic mass is 32.2. The number of hydrogen-bond acceptors (Lipinski definition) is 4. The Morgan fingerprint density at radius 1 is 1.17 bits per heavy atom. The fourth-order valence-electron chi connectivity index (χ4n) is 1.25. The first-order valence-electron chi connectivity index (χ1n) is 6.31. The van der Waals surface area contributed by atoms with Gasteiger partial charge in [-0.05, 0) is 36.4 Å². The Morgan fingerprint density at radius 3 is 1.88 bits per heavy atom. The van der Waals surface area contributed by atoms with Crippen LogP contribution < -0.4 is 0 Å². The van der Waals surface area contributed by atoms with Gasteiger partial charge in [-0.1, -0.05) is 17.7 Å². The Morgan fingerprint density at radius 2 is 1.58 bits per heavy atom. The van der Waals surface area contributed by atoms with E-state index in [9.17, 15) is 17.6 Å². The number of halogens is 4. The molecular weight excluding hydrogens is 370 g/mol. The van der Waals surface area contributed by atoms with Crippen LogP contribution in [0.15, 0.2) is 24.3 Å². The topological polar surface area (TPSA) is 57.2 Å². The summed E-state index contributed by atoms with van der Waals surface area (Å²) < 4.78 is 72.4. The molecule has 136 valence electrons. The molecule has 0 radical (unpaired) electrons. The fraction of sp³-hybridized carbons (Fsp3) is 0.429. The lowest BCUT2D eigenvalue weighted by atomic mass is 10.2. The fourth-order valence-corrected chi connectivity index (χ4v) is 2.06. The molecule has 0 N–H and O–H groups in total. The molecule has 1 aromatic carbocycles. The quantitative estimate of drug-likeness (QED) is 0.196. The highest BCUT2D eigenvalue weighted by molar-refractivity contribution is 7.99. The van der Waals surface area contributed by atoms with Gasteiger partial charge in [-0.2, -0.15) is 13.2 Å². The zero-order valence-corrected chi connectivity index (χ0v) is 15.0. The van der Waals surface area contributed by atoms with Crippen LogP contribution in [0, 0.1) is 17.7 Å². The predicted molar refractivity (Wildman–Crippen MR) is 84.4 cm³/mol. The second-order valence-electron chi connectivity index (χ2n) is 5.38. The van der Waals surface area contributed by atoms with Crippen molar-refractivity contribution in [1.82, 2.24) is 0 Å². The van der Waals surface area contributed by atoms with Crippen LogP contribution in [0.4, 0.5) is 17.6 Å². The molecule has 0 bridgehead atoms. The summed E-state index contributed by atoms with van der Waals surface area (Å²) in [5.41, 5.74) is -4.79. The molecule has 10 heteroatoms. The molecule has 4 nitrogen and oxygen atoms in total. The number of thioether (sulfide) groups is 1. The van der Waals surface area contributed by atoms with E-state index in [1.807, 2.05) is 6.26 Å². The SMILES string of the molecule is CSC(C#Cc1ccc(F)cc1)[N+](C)(C)C.O=S(=O)([O-])C(F)(F)F. The minimum atomic E-state index is -6.09. The second-order valence-corrected chi connectivity index (χ2v) is 7.67. The van der Waals surface area contributed by atoms with Gasteiger partial charge in [-0.25, -0.2) is 12.8 Å². The molecule has 0 heterocycles. The number of alkyl halides is 3. The van der Waals surface area contributed by atoms with Gasteiger partial charge in [0, 0.05) is 5.56 Å². The largest absolute Gasteiger partial charge is 0.741 e. The van der Waals surface area contributed by atoms with E-state index in [-0.39, 0.29) is 11.2 Å². The molecule has 0 aliphatic rings. The van der Waals surface area contributed by atoms with Gasteiger partial charge < -0.3 is 9.04 Å². The van der Waals surface area contributed by atoms with E-state index in [1.54, 1.807) is 23.9 Å². The maximum atomic E-state index is 12.7. The molecule has 1 atom stereocenters. The number of quaternary nitrogens is 1. The zero-order chi connectivity index (χ0) is 19.2. The lowest BCUT2D eigenvalue weighted by Crippen LogP contribution is -2.42. The van der Waals surface area contributed by atoms with E-state index >= 15 is 0 Å². The molecule has 0 aliphatic heterocycles. The maximum Gasteiger partial charge on any atom is 0.485 e. The second kappa shape index (κ2) is 8.71. The van der Waals surface area contributed by atoms with E-state index in [0.29, 0.717) is 0 Å². The van der Waals surface area contributed by atoms with Gasteiger partial charge in [-0.15, -0.1) is 0 Å². The monoisotopic (exact) mass is 387 g/mol. The number of benzene rings is 1. The standard InChI is InChI=1S/C13H17FNS.CHF3O3S/c1-15(2,3)13(16-4)10-7-11-5-8-12(14)9-6-11;2-1(3,4)8(5,6)7/h5-6,8-9,13H,1-4H3;(H,5,6,7)/q+1;/p-1. The molecule has 0 spiro atoms. The summed E-state index contributed by atoms with van der Waals surface area (Å²) in [4.78, 5) is 0. The minimum Gasteiger partial charge on any atom is -0.741 e. The van der Waals surface area contributed by atoms with Crippen molar-refractivity contribution in [1.29, 1.82) is 0 Å². The molecule has 0 amide bonds. The van der Waals surface area contributed by atoms with E-state index in [1.165, 1.54) is 12.1 Å². The third-order valence-corrected chi connectivity index (χ3v) is 4.16. The van der Waals surface area contributed by atoms with Crippen LogP contribution in [-0.2, 0) is 10.1 Å². The molecule has 1 unspecified atom stereocenters. The molecule has 0 aromatic heterocycles. The molecule has 1 aromatic rings. The van der Waals surface area contributed by atoms with Crippen molar-refractivity contribution in [3.8, 4) is 11.8 Å². The highest BCUT2D eigenvalue weighted by Crippen LogP contribution is 2.20. The van der Waals surface area contributed by atoms with Gasteiger partial charge >= 0.3 is 5.51 Å². The van der Waals surface area contributed by atoms with Gasteiger partial charge in [0.15, 0.2) is 15.5 Å². The van der Waals surface area contributed by atoms with E-state index in [2.05, 4.69) is 33.0 Å². The summed E-state index contributed by atoms with van der Waals surface area (Å²) in [5.74, 6) is 6.06. The Hall–Kier alpha value is -1.28. The van der Waals surface area contributed by atoms with Crippen molar-refractivity contribution in [3.05, 3.63) is 35.6 Å². The third kappa shape index (κ3) is 8.54. The maximum absolute atomic E-state index is 12.7. The van der Waals surface area contributed by atoms with Gasteiger partial charge in [0.05, 0.1) is 21.1 Å². The van der Waals surface area contributed by atoms with Crippen molar-refractivity contribution < 1.29 is 35.0 Å². The lowest BCUT2D eigenvalue weighted by molar-refractivity contribution is -0.872. The summed E-state index contributed by atoms with van der Waals surface area (Å²) in [6.07, 6.45) is 2.05. The average Bonchev–Trinajstić information content (AvgIpc) is 2.38. The first-order chi connectivity index (χ1) is 10.7. The Bertz CT molecular complexity index is 684. The van der Waals surface area contributed by atoms with Crippen LogP contribution in [0.5, 0.6) is 0 Å². The molecular formula is C14H17F4NO3S2. The Balaban J connectivity index is 0.000000561. The normalized spacial score (nSPS) is 13.2. The van der Waals surface area contributed by atoms with E-state index in [0.717, 1.165) is 10.0 Å². The summed E-state index contributed by atoms with van der Waals surface area (Å²) in [7, 11) is 0.245. The van der Waals surface area contributed by atoms with Gasteiger partial charge in [-0.3, -0.25) is 0 Å². The molecule has 0 fully saturated rings. The van der Waals surface area contributed by atoms with Crippen LogP contribution in [0.1, 0.15) is 5.56 Å². The summed E-state index contributed by atoms with van der Waals surface area (Å²) in [6, 6.07) is 6.28. The highest BCUT2D eigenvalue weighted by Gasteiger charge is 2.36. The molecule has 24 heavy (non-hydrogen) atoms. The number of nitrogens with zero attached hydrogens (tertiary/aromatic N) is 1. The summed E-state index contributed by atoms with van der Waals surface area (Å²) >= 11 is 1.72. The van der Waals surface area contributed by atoms with Gasteiger partial charge in [0.2, 0.25) is 0 Å². The van der Waals surface area contributed by atoms with Crippen molar-refractivity contribution in [2.24, 2.45) is 0 Å². The molecule has 0 aliphatic carbocycles. The van der Waals surface area contributed by atoms with Crippen molar-refractivity contribution in [2.45, 2.75) is 10.9 Å². The summed E-state index contributed by atoms with van der Waals surface area (Å²) in [6.45, 7) is 0. The van der Waals surface area contributed by atoms with Gasteiger partial charge in [0.1, 0.15) is 5.82 Å². The molecule has 0 saturated carbocycles. The number of hydrogen-bond donors (Lipinski definition) is 0. The van der Waals surface area contributed by atoms with E-state index in [4.69, 9.17) is 13.0 Å². The predicted octanol–water partition coefficient (Wildman–Crippen LogP) is 2.62. The Kier molecular flexibility index (Phi) is 8.25. The van der Waals surface area contributed by atoms with Crippen LogP contribution >= 0.6 is 11.8 Å².